The van der Waals surface area contributed by atoms with E-state index in [1.807, 2.05) is 0 Å². The number of hydrogen-bond donors (Lipinski definition) is 0. The third-order valence-corrected chi connectivity index (χ3v) is 3.78. The van der Waals surface area contributed by atoms with Crippen molar-refractivity contribution in [1.29, 1.82) is 0 Å². The fraction of sp³-hybridized carbons (Fsp3) is 0.800. The standard InChI is InChI=1S/C10H10F3NO3/c11-10(12,13)9(1-2-9)8(16)14-4-5-3-6(14)7(15)17-5/h5-6H,1-4H2. The van der Waals surface area contributed by atoms with Crippen molar-refractivity contribution >= 4 is 11.9 Å². The molecule has 3 fully saturated rings. The lowest BCUT2D eigenvalue weighted by atomic mass is 10.0. The second kappa shape index (κ2) is 2.94. The van der Waals surface area contributed by atoms with Crippen LogP contribution in [0.1, 0.15) is 19.3 Å². The lowest BCUT2D eigenvalue weighted by Crippen LogP contribution is -2.50. The first-order chi connectivity index (χ1) is 7.85. The molecule has 2 heterocycles. The summed E-state index contributed by atoms with van der Waals surface area (Å²) in [4.78, 5) is 24.2. The van der Waals surface area contributed by atoms with E-state index < -0.39 is 35.6 Å². The summed E-state index contributed by atoms with van der Waals surface area (Å²) in [5, 5.41) is 0. The van der Waals surface area contributed by atoms with Gasteiger partial charge in [-0.1, -0.05) is 0 Å². The summed E-state index contributed by atoms with van der Waals surface area (Å²) < 4.78 is 43.2. The van der Waals surface area contributed by atoms with Crippen LogP contribution in [0.15, 0.2) is 0 Å². The first kappa shape index (κ1) is 10.9. The van der Waals surface area contributed by atoms with Crippen LogP contribution < -0.4 is 0 Å². The largest absolute Gasteiger partial charge is 0.459 e. The van der Waals surface area contributed by atoms with E-state index in [0.717, 1.165) is 4.90 Å². The molecule has 0 aromatic carbocycles. The van der Waals surface area contributed by atoms with Crippen LogP contribution >= 0.6 is 0 Å². The van der Waals surface area contributed by atoms with E-state index in [1.165, 1.54) is 0 Å². The minimum absolute atomic E-state index is 0.104. The molecule has 1 aliphatic carbocycles. The van der Waals surface area contributed by atoms with Crippen LogP contribution in [-0.4, -0.2) is 41.6 Å². The number of alkyl halides is 3. The zero-order valence-electron chi connectivity index (χ0n) is 8.79. The highest BCUT2D eigenvalue weighted by atomic mass is 19.4. The van der Waals surface area contributed by atoms with Crippen molar-refractivity contribution in [2.45, 2.75) is 37.6 Å². The molecule has 3 aliphatic rings. The van der Waals surface area contributed by atoms with Crippen molar-refractivity contribution in [2.24, 2.45) is 5.41 Å². The third-order valence-electron chi connectivity index (χ3n) is 3.78. The van der Waals surface area contributed by atoms with Gasteiger partial charge in [0.1, 0.15) is 17.6 Å². The van der Waals surface area contributed by atoms with Crippen LogP contribution in [0.5, 0.6) is 0 Å². The van der Waals surface area contributed by atoms with Crippen LogP contribution in [0.25, 0.3) is 0 Å². The molecule has 0 N–H and O–H groups in total. The van der Waals surface area contributed by atoms with Gasteiger partial charge >= 0.3 is 12.1 Å². The Balaban J connectivity index is 1.83. The van der Waals surface area contributed by atoms with Gasteiger partial charge in [0.2, 0.25) is 5.91 Å². The van der Waals surface area contributed by atoms with Crippen molar-refractivity contribution in [3.8, 4) is 0 Å². The quantitative estimate of drug-likeness (QED) is 0.647. The number of morpholine rings is 1. The molecule has 0 spiro atoms. The van der Waals surface area contributed by atoms with Gasteiger partial charge in [0.25, 0.3) is 0 Å². The van der Waals surface area contributed by atoms with Gasteiger partial charge in [-0.15, -0.1) is 0 Å². The Morgan fingerprint density at radius 1 is 1.41 bits per heavy atom. The molecule has 0 aromatic rings. The number of nitrogens with zero attached hydrogens (tertiary/aromatic N) is 1. The Kier molecular flexibility index (Phi) is 1.88. The lowest BCUT2D eigenvalue weighted by Gasteiger charge is -2.30. The molecule has 0 aromatic heterocycles. The van der Waals surface area contributed by atoms with Crippen molar-refractivity contribution < 1.29 is 27.5 Å². The summed E-state index contributed by atoms with van der Waals surface area (Å²) in [6.07, 6.45) is -4.94. The molecule has 2 saturated heterocycles. The van der Waals surface area contributed by atoms with Crippen LogP contribution in [0, 0.1) is 5.41 Å². The van der Waals surface area contributed by atoms with Gasteiger partial charge in [-0.25, -0.2) is 4.79 Å². The predicted octanol–water partition coefficient (Wildman–Crippen LogP) is 0.855. The summed E-state index contributed by atoms with van der Waals surface area (Å²) in [6.45, 7) is 0.104. The monoisotopic (exact) mass is 249 g/mol. The van der Waals surface area contributed by atoms with Crippen LogP contribution in [0.2, 0.25) is 0 Å². The molecular formula is C10H10F3NO3. The van der Waals surface area contributed by atoms with E-state index in [-0.39, 0.29) is 19.4 Å². The normalized spacial score (nSPS) is 33.8. The molecule has 4 nitrogen and oxygen atoms in total. The fourth-order valence-corrected chi connectivity index (χ4v) is 2.59. The highest BCUT2D eigenvalue weighted by Crippen LogP contribution is 2.59. The van der Waals surface area contributed by atoms with E-state index in [0.29, 0.717) is 6.42 Å². The number of hydrogen-bond acceptors (Lipinski definition) is 3. The molecule has 1 amide bonds. The number of fused-ring (bicyclic) bond motifs is 2. The highest BCUT2D eigenvalue weighted by Gasteiger charge is 2.71. The molecular weight excluding hydrogens is 239 g/mol. The molecule has 94 valence electrons. The Bertz CT molecular complexity index is 402. The number of esters is 1. The van der Waals surface area contributed by atoms with Crippen molar-refractivity contribution in [1.82, 2.24) is 4.90 Å². The van der Waals surface area contributed by atoms with E-state index in [1.54, 1.807) is 0 Å². The number of ether oxygens (including phenoxy) is 1. The van der Waals surface area contributed by atoms with Crippen LogP contribution in [0.4, 0.5) is 13.2 Å². The minimum atomic E-state index is -4.52. The van der Waals surface area contributed by atoms with E-state index >= 15 is 0 Å². The molecule has 3 rings (SSSR count). The van der Waals surface area contributed by atoms with Gasteiger partial charge in [-0.3, -0.25) is 4.79 Å². The second-order valence-electron chi connectivity index (χ2n) is 4.85. The summed E-state index contributed by atoms with van der Waals surface area (Å²) >= 11 is 0. The maximum atomic E-state index is 12.8. The number of carbonyl (C=O) groups excluding carboxylic acids is 2. The topological polar surface area (TPSA) is 46.6 Å². The van der Waals surface area contributed by atoms with Crippen molar-refractivity contribution in [3.63, 3.8) is 0 Å². The first-order valence-electron chi connectivity index (χ1n) is 5.43. The maximum Gasteiger partial charge on any atom is 0.403 e. The molecule has 2 bridgehead atoms. The summed E-state index contributed by atoms with van der Waals surface area (Å²) in [7, 11) is 0. The molecule has 0 radical (unpaired) electrons. The molecule has 2 unspecified atom stereocenters. The Morgan fingerprint density at radius 3 is 2.47 bits per heavy atom. The van der Waals surface area contributed by atoms with Gasteiger partial charge < -0.3 is 9.64 Å². The van der Waals surface area contributed by atoms with E-state index in [2.05, 4.69) is 0 Å². The van der Waals surface area contributed by atoms with E-state index in [4.69, 9.17) is 4.74 Å². The first-order valence-corrected chi connectivity index (χ1v) is 5.43. The number of amides is 1. The van der Waals surface area contributed by atoms with E-state index in [9.17, 15) is 22.8 Å². The van der Waals surface area contributed by atoms with Crippen LogP contribution in [0.3, 0.4) is 0 Å². The summed E-state index contributed by atoms with van der Waals surface area (Å²) in [5.41, 5.74) is -2.22. The molecule has 1 saturated carbocycles. The Morgan fingerprint density at radius 2 is 2.06 bits per heavy atom. The lowest BCUT2D eigenvalue weighted by molar-refractivity contribution is -0.201. The van der Waals surface area contributed by atoms with Gasteiger partial charge in [-0.2, -0.15) is 13.2 Å². The average Bonchev–Trinajstić information content (AvgIpc) is 2.85. The summed E-state index contributed by atoms with van der Waals surface area (Å²) in [5.74, 6) is -1.53. The number of rotatable bonds is 1. The number of halogens is 3. The summed E-state index contributed by atoms with van der Waals surface area (Å²) in [6, 6.07) is -0.799. The predicted molar refractivity (Wildman–Crippen MR) is 47.7 cm³/mol. The number of carbonyl (C=O) groups is 2. The molecule has 17 heavy (non-hydrogen) atoms. The van der Waals surface area contributed by atoms with Crippen molar-refractivity contribution in [2.75, 3.05) is 6.54 Å². The zero-order valence-corrected chi connectivity index (χ0v) is 8.79. The van der Waals surface area contributed by atoms with Gasteiger partial charge in [-0.05, 0) is 12.8 Å². The van der Waals surface area contributed by atoms with Gasteiger partial charge in [0.15, 0.2) is 0 Å². The SMILES string of the molecule is O=C1OC2CC1N(C(=O)C1(C(F)(F)F)CC1)C2. The second-order valence-corrected chi connectivity index (χ2v) is 4.85. The Labute approximate surface area is 94.7 Å². The average molecular weight is 249 g/mol. The minimum Gasteiger partial charge on any atom is -0.459 e. The highest BCUT2D eigenvalue weighted by molar-refractivity contribution is 5.92. The number of likely N-dealkylation sites (tertiary alicyclic amines) is 1. The zero-order chi connectivity index (χ0) is 12.4. The molecule has 2 aliphatic heterocycles. The third kappa shape index (κ3) is 1.31. The smallest absolute Gasteiger partial charge is 0.403 e. The molecule has 2 atom stereocenters. The molecule has 7 heteroatoms. The maximum absolute atomic E-state index is 12.8. The van der Waals surface area contributed by atoms with Gasteiger partial charge in [0.05, 0.1) is 6.54 Å². The van der Waals surface area contributed by atoms with Gasteiger partial charge in [0, 0.05) is 6.42 Å². The van der Waals surface area contributed by atoms with Crippen molar-refractivity contribution in [3.05, 3.63) is 0 Å². The fourth-order valence-electron chi connectivity index (χ4n) is 2.59. The Hall–Kier alpha value is -1.27. The van der Waals surface area contributed by atoms with Crippen LogP contribution in [-0.2, 0) is 14.3 Å².